The molecule has 0 saturated heterocycles. The summed E-state index contributed by atoms with van der Waals surface area (Å²) in [5, 5.41) is 6.75. The van der Waals surface area contributed by atoms with Crippen molar-refractivity contribution in [2.24, 2.45) is 5.92 Å². The van der Waals surface area contributed by atoms with Gasteiger partial charge in [-0.3, -0.25) is 0 Å². The minimum atomic E-state index is -1.49. The van der Waals surface area contributed by atoms with E-state index in [-0.39, 0.29) is 12.2 Å². The fourth-order valence-corrected chi connectivity index (χ4v) is 1.76. The fourth-order valence-electron chi connectivity index (χ4n) is 1.76. The van der Waals surface area contributed by atoms with Gasteiger partial charge in [0.05, 0.1) is 12.2 Å². The molecule has 0 aliphatic heterocycles. The second kappa shape index (κ2) is 5.94. The lowest BCUT2D eigenvalue weighted by Crippen LogP contribution is -2.14. The highest BCUT2D eigenvalue weighted by atomic mass is 19.2. The Kier molecular flexibility index (Phi) is 4.26. The van der Waals surface area contributed by atoms with Crippen molar-refractivity contribution in [3.63, 3.8) is 0 Å². The van der Waals surface area contributed by atoms with Crippen LogP contribution in [0.3, 0.4) is 0 Å². The van der Waals surface area contributed by atoms with E-state index in [1.54, 1.807) is 4.68 Å². The second-order valence-corrected chi connectivity index (χ2v) is 4.83. The molecule has 0 saturated carbocycles. The van der Waals surface area contributed by atoms with E-state index in [1.807, 2.05) is 13.8 Å². The van der Waals surface area contributed by atoms with Crippen molar-refractivity contribution >= 4 is 5.69 Å². The molecule has 20 heavy (non-hydrogen) atoms. The highest BCUT2D eigenvalue weighted by Crippen LogP contribution is 2.20. The molecule has 1 heterocycles. The predicted octanol–water partition coefficient (Wildman–Crippen LogP) is 2.96. The lowest BCUT2D eigenvalue weighted by Gasteiger charge is -2.11. The van der Waals surface area contributed by atoms with Gasteiger partial charge in [0.25, 0.3) is 0 Å². The number of nitrogens with one attached hydrogen (secondary N) is 1. The van der Waals surface area contributed by atoms with Crippen molar-refractivity contribution in [3.8, 4) is 0 Å². The minimum Gasteiger partial charge on any atom is -0.375 e. The molecule has 0 fully saturated rings. The van der Waals surface area contributed by atoms with Gasteiger partial charge in [-0.1, -0.05) is 13.8 Å². The highest BCUT2D eigenvalue weighted by molar-refractivity contribution is 5.45. The lowest BCUT2D eigenvalue weighted by atomic mass is 10.2. The molecule has 1 aromatic heterocycles. The number of benzene rings is 1. The first kappa shape index (κ1) is 14.4. The zero-order valence-corrected chi connectivity index (χ0v) is 11.2. The van der Waals surface area contributed by atoms with Crippen molar-refractivity contribution in [2.45, 2.75) is 26.9 Å². The van der Waals surface area contributed by atoms with E-state index in [0.29, 0.717) is 18.3 Å². The van der Waals surface area contributed by atoms with Crippen LogP contribution in [0.5, 0.6) is 0 Å². The summed E-state index contributed by atoms with van der Waals surface area (Å²) < 4.78 is 41.1. The summed E-state index contributed by atoms with van der Waals surface area (Å²) in [5.74, 6) is -2.95. The SMILES string of the molecule is CC(C)Cn1ncnc1CNc1ccc(F)c(F)c1F. The van der Waals surface area contributed by atoms with Gasteiger partial charge in [0, 0.05) is 6.54 Å². The molecule has 0 bridgehead atoms. The number of rotatable bonds is 5. The highest BCUT2D eigenvalue weighted by Gasteiger charge is 2.14. The zero-order chi connectivity index (χ0) is 14.7. The molecule has 108 valence electrons. The number of aromatic nitrogens is 3. The molecule has 2 rings (SSSR count). The summed E-state index contributed by atoms with van der Waals surface area (Å²) in [4.78, 5) is 4.05. The lowest BCUT2D eigenvalue weighted by molar-refractivity contribution is 0.448. The minimum absolute atomic E-state index is 0.108. The molecule has 4 nitrogen and oxygen atoms in total. The van der Waals surface area contributed by atoms with E-state index >= 15 is 0 Å². The maximum Gasteiger partial charge on any atom is 0.196 e. The Bertz CT molecular complexity index is 595. The summed E-state index contributed by atoms with van der Waals surface area (Å²) in [6.45, 7) is 4.92. The third kappa shape index (κ3) is 3.09. The van der Waals surface area contributed by atoms with Crippen LogP contribution in [-0.4, -0.2) is 14.8 Å². The Morgan fingerprint density at radius 1 is 1.20 bits per heavy atom. The van der Waals surface area contributed by atoms with Crippen molar-refractivity contribution in [1.82, 2.24) is 14.8 Å². The van der Waals surface area contributed by atoms with Gasteiger partial charge in [-0.25, -0.2) is 22.8 Å². The van der Waals surface area contributed by atoms with Crippen LogP contribution in [0.15, 0.2) is 18.5 Å². The van der Waals surface area contributed by atoms with Crippen LogP contribution in [0, 0.1) is 23.4 Å². The first-order chi connectivity index (χ1) is 9.49. The van der Waals surface area contributed by atoms with Crippen molar-refractivity contribution in [2.75, 3.05) is 5.32 Å². The Morgan fingerprint density at radius 3 is 2.65 bits per heavy atom. The van der Waals surface area contributed by atoms with E-state index < -0.39 is 17.5 Å². The van der Waals surface area contributed by atoms with Gasteiger partial charge < -0.3 is 5.32 Å². The quantitative estimate of drug-likeness (QED) is 0.858. The van der Waals surface area contributed by atoms with Gasteiger partial charge in [-0.2, -0.15) is 5.10 Å². The summed E-state index contributed by atoms with van der Waals surface area (Å²) in [7, 11) is 0. The molecule has 0 aliphatic carbocycles. The predicted molar refractivity (Wildman–Crippen MR) is 68.5 cm³/mol. The monoisotopic (exact) mass is 284 g/mol. The average molecular weight is 284 g/mol. The van der Waals surface area contributed by atoms with Gasteiger partial charge in [0.1, 0.15) is 12.2 Å². The van der Waals surface area contributed by atoms with Gasteiger partial charge in [0.15, 0.2) is 17.5 Å². The number of hydrogen-bond donors (Lipinski definition) is 1. The first-order valence-corrected chi connectivity index (χ1v) is 6.23. The molecule has 7 heteroatoms. The van der Waals surface area contributed by atoms with Crippen molar-refractivity contribution < 1.29 is 13.2 Å². The molecule has 1 N–H and O–H groups in total. The maximum atomic E-state index is 13.5. The van der Waals surface area contributed by atoms with Crippen LogP contribution < -0.4 is 5.32 Å². The van der Waals surface area contributed by atoms with Crippen molar-refractivity contribution in [3.05, 3.63) is 41.7 Å². The number of nitrogens with zero attached hydrogens (tertiary/aromatic N) is 3. The van der Waals surface area contributed by atoms with Gasteiger partial charge in [-0.15, -0.1) is 0 Å². The maximum absolute atomic E-state index is 13.5. The van der Waals surface area contributed by atoms with Crippen LogP contribution in [-0.2, 0) is 13.1 Å². The standard InChI is InChI=1S/C13H15F3N4/c1-8(2)6-20-11(18-7-19-20)5-17-10-4-3-9(14)12(15)13(10)16/h3-4,7-8,17H,5-6H2,1-2H3. The fraction of sp³-hybridized carbons (Fsp3) is 0.385. The van der Waals surface area contributed by atoms with E-state index in [2.05, 4.69) is 15.4 Å². The summed E-state index contributed by atoms with van der Waals surface area (Å²) in [5.41, 5.74) is -0.108. The third-order valence-corrected chi connectivity index (χ3v) is 2.71. The Morgan fingerprint density at radius 2 is 1.95 bits per heavy atom. The molecule has 0 atom stereocenters. The van der Waals surface area contributed by atoms with Gasteiger partial charge >= 0.3 is 0 Å². The Balaban J connectivity index is 2.10. The topological polar surface area (TPSA) is 42.7 Å². The van der Waals surface area contributed by atoms with E-state index in [9.17, 15) is 13.2 Å². The molecule has 2 aromatic rings. The molecule has 0 aliphatic rings. The smallest absolute Gasteiger partial charge is 0.196 e. The molecule has 0 spiro atoms. The van der Waals surface area contributed by atoms with E-state index in [1.165, 1.54) is 6.33 Å². The number of halogens is 3. The third-order valence-electron chi connectivity index (χ3n) is 2.71. The van der Waals surface area contributed by atoms with Gasteiger partial charge in [-0.05, 0) is 18.1 Å². The Hall–Kier alpha value is -2.05. The van der Waals surface area contributed by atoms with Crippen molar-refractivity contribution in [1.29, 1.82) is 0 Å². The van der Waals surface area contributed by atoms with Crippen LogP contribution in [0.4, 0.5) is 18.9 Å². The Labute approximate surface area is 114 Å². The summed E-state index contributed by atoms with van der Waals surface area (Å²) in [6.07, 6.45) is 1.40. The molecule has 0 amide bonds. The summed E-state index contributed by atoms with van der Waals surface area (Å²) in [6, 6.07) is 2.02. The average Bonchev–Trinajstić information content (AvgIpc) is 2.82. The largest absolute Gasteiger partial charge is 0.375 e. The van der Waals surface area contributed by atoms with Crippen LogP contribution >= 0.6 is 0 Å². The second-order valence-electron chi connectivity index (χ2n) is 4.83. The summed E-state index contributed by atoms with van der Waals surface area (Å²) >= 11 is 0. The zero-order valence-electron chi connectivity index (χ0n) is 11.2. The molecule has 0 radical (unpaired) electrons. The van der Waals surface area contributed by atoms with E-state index in [0.717, 1.165) is 12.1 Å². The number of anilines is 1. The van der Waals surface area contributed by atoms with Crippen LogP contribution in [0.1, 0.15) is 19.7 Å². The van der Waals surface area contributed by atoms with Crippen LogP contribution in [0.2, 0.25) is 0 Å². The molecular formula is C13H15F3N4. The first-order valence-electron chi connectivity index (χ1n) is 6.23. The van der Waals surface area contributed by atoms with E-state index in [4.69, 9.17) is 0 Å². The normalized spacial score (nSPS) is 11.1. The van der Waals surface area contributed by atoms with Gasteiger partial charge in [0.2, 0.25) is 0 Å². The molecule has 1 aromatic carbocycles. The molecule has 0 unspecified atom stereocenters. The molecular weight excluding hydrogens is 269 g/mol. The van der Waals surface area contributed by atoms with Crippen LogP contribution in [0.25, 0.3) is 0 Å². The number of hydrogen-bond acceptors (Lipinski definition) is 3.